The van der Waals surface area contributed by atoms with Gasteiger partial charge in [-0.25, -0.2) is 0 Å². The van der Waals surface area contributed by atoms with Crippen molar-refractivity contribution in [2.45, 2.75) is 26.4 Å². The van der Waals surface area contributed by atoms with E-state index in [0.717, 1.165) is 23.6 Å². The van der Waals surface area contributed by atoms with Crippen LogP contribution in [0.4, 0.5) is 0 Å². The predicted octanol–water partition coefficient (Wildman–Crippen LogP) is 2.20. The van der Waals surface area contributed by atoms with Crippen LogP contribution < -0.4 is 14.8 Å². The van der Waals surface area contributed by atoms with Gasteiger partial charge in [0, 0.05) is 24.2 Å². The third kappa shape index (κ3) is 3.44. The first-order valence-corrected chi connectivity index (χ1v) is 5.11. The van der Waals surface area contributed by atoms with Crippen LogP contribution in [-0.4, -0.2) is 20.3 Å². The Labute approximate surface area is 91.4 Å². The molecular weight excluding hydrogens is 190 g/mol. The van der Waals surface area contributed by atoms with Crippen molar-refractivity contribution in [3.8, 4) is 11.5 Å². The lowest BCUT2D eigenvalue weighted by Crippen LogP contribution is -2.22. The molecule has 0 atom stereocenters. The van der Waals surface area contributed by atoms with Gasteiger partial charge in [-0.1, -0.05) is 19.9 Å². The van der Waals surface area contributed by atoms with Crippen molar-refractivity contribution in [3.05, 3.63) is 23.8 Å². The van der Waals surface area contributed by atoms with Gasteiger partial charge in [0.25, 0.3) is 0 Å². The summed E-state index contributed by atoms with van der Waals surface area (Å²) in [6.07, 6.45) is 0. The molecular formula is C12H19NO2. The maximum atomic E-state index is 5.30. The quantitative estimate of drug-likeness (QED) is 0.806. The lowest BCUT2D eigenvalue weighted by molar-refractivity contribution is 0.389. The Bertz CT molecular complexity index is 310. The summed E-state index contributed by atoms with van der Waals surface area (Å²) >= 11 is 0. The number of rotatable bonds is 5. The molecule has 0 aliphatic rings. The van der Waals surface area contributed by atoms with E-state index in [-0.39, 0.29) is 0 Å². The zero-order valence-electron chi connectivity index (χ0n) is 9.83. The average molecular weight is 209 g/mol. The molecule has 0 saturated heterocycles. The summed E-state index contributed by atoms with van der Waals surface area (Å²) < 4.78 is 10.4. The van der Waals surface area contributed by atoms with Crippen molar-refractivity contribution in [1.82, 2.24) is 5.32 Å². The molecule has 0 aliphatic carbocycles. The molecule has 1 aromatic rings. The van der Waals surface area contributed by atoms with E-state index in [9.17, 15) is 0 Å². The van der Waals surface area contributed by atoms with Crippen LogP contribution in [0.1, 0.15) is 19.4 Å². The molecule has 0 amide bonds. The van der Waals surface area contributed by atoms with Gasteiger partial charge in [0.2, 0.25) is 0 Å². The second-order valence-corrected chi connectivity index (χ2v) is 3.71. The van der Waals surface area contributed by atoms with Crippen molar-refractivity contribution in [3.63, 3.8) is 0 Å². The Morgan fingerprint density at radius 3 is 2.47 bits per heavy atom. The smallest absolute Gasteiger partial charge is 0.127 e. The van der Waals surface area contributed by atoms with Crippen LogP contribution >= 0.6 is 0 Å². The van der Waals surface area contributed by atoms with Gasteiger partial charge in [-0.15, -0.1) is 0 Å². The SMILES string of the molecule is COc1ccc(CNC(C)C)c(OC)c1. The molecule has 3 heteroatoms. The van der Waals surface area contributed by atoms with Gasteiger partial charge in [0.05, 0.1) is 14.2 Å². The zero-order chi connectivity index (χ0) is 11.3. The summed E-state index contributed by atoms with van der Waals surface area (Å²) in [6.45, 7) is 5.05. The van der Waals surface area contributed by atoms with Crippen molar-refractivity contribution in [2.24, 2.45) is 0 Å². The number of nitrogens with one attached hydrogen (secondary N) is 1. The molecule has 84 valence electrons. The maximum Gasteiger partial charge on any atom is 0.127 e. The lowest BCUT2D eigenvalue weighted by atomic mass is 10.2. The molecule has 0 radical (unpaired) electrons. The molecule has 0 unspecified atom stereocenters. The first-order valence-electron chi connectivity index (χ1n) is 5.11. The van der Waals surface area contributed by atoms with E-state index in [1.807, 2.05) is 18.2 Å². The summed E-state index contributed by atoms with van der Waals surface area (Å²) in [5.41, 5.74) is 1.15. The Balaban J connectivity index is 2.78. The largest absolute Gasteiger partial charge is 0.497 e. The van der Waals surface area contributed by atoms with E-state index in [1.165, 1.54) is 0 Å². The van der Waals surface area contributed by atoms with Gasteiger partial charge in [-0.05, 0) is 6.07 Å². The summed E-state index contributed by atoms with van der Waals surface area (Å²) in [5, 5.41) is 3.35. The van der Waals surface area contributed by atoms with E-state index < -0.39 is 0 Å². The van der Waals surface area contributed by atoms with Crippen LogP contribution in [-0.2, 0) is 6.54 Å². The van der Waals surface area contributed by atoms with E-state index in [2.05, 4.69) is 19.2 Å². The standard InChI is InChI=1S/C12H19NO2/c1-9(2)13-8-10-5-6-11(14-3)7-12(10)15-4/h5-7,9,13H,8H2,1-4H3. The average Bonchev–Trinajstić information content (AvgIpc) is 2.25. The predicted molar refractivity (Wildman–Crippen MR) is 61.5 cm³/mol. The number of hydrogen-bond acceptors (Lipinski definition) is 3. The van der Waals surface area contributed by atoms with Crippen LogP contribution in [0.2, 0.25) is 0 Å². The van der Waals surface area contributed by atoms with E-state index in [0.29, 0.717) is 6.04 Å². The highest BCUT2D eigenvalue weighted by Crippen LogP contribution is 2.24. The second kappa shape index (κ2) is 5.61. The monoisotopic (exact) mass is 209 g/mol. The molecule has 1 N–H and O–H groups in total. The summed E-state index contributed by atoms with van der Waals surface area (Å²) in [4.78, 5) is 0. The molecule has 0 heterocycles. The molecule has 15 heavy (non-hydrogen) atoms. The Morgan fingerprint density at radius 1 is 1.20 bits per heavy atom. The molecule has 0 fully saturated rings. The molecule has 0 bridgehead atoms. The van der Waals surface area contributed by atoms with Gasteiger partial charge < -0.3 is 14.8 Å². The molecule has 3 nitrogen and oxygen atoms in total. The first-order chi connectivity index (χ1) is 7.17. The fourth-order valence-corrected chi connectivity index (χ4v) is 1.31. The van der Waals surface area contributed by atoms with E-state index in [4.69, 9.17) is 9.47 Å². The fourth-order valence-electron chi connectivity index (χ4n) is 1.31. The van der Waals surface area contributed by atoms with Gasteiger partial charge >= 0.3 is 0 Å². The Morgan fingerprint density at radius 2 is 1.93 bits per heavy atom. The normalized spacial score (nSPS) is 10.5. The Kier molecular flexibility index (Phi) is 4.43. The number of hydrogen-bond donors (Lipinski definition) is 1. The summed E-state index contributed by atoms with van der Waals surface area (Å²) in [6, 6.07) is 6.33. The van der Waals surface area contributed by atoms with Gasteiger partial charge in [-0.3, -0.25) is 0 Å². The highest BCUT2D eigenvalue weighted by molar-refractivity contribution is 5.40. The maximum absolute atomic E-state index is 5.30. The lowest BCUT2D eigenvalue weighted by Gasteiger charge is -2.12. The number of methoxy groups -OCH3 is 2. The second-order valence-electron chi connectivity index (χ2n) is 3.71. The minimum Gasteiger partial charge on any atom is -0.497 e. The minimum absolute atomic E-state index is 0.469. The first kappa shape index (κ1) is 11.9. The third-order valence-electron chi connectivity index (χ3n) is 2.20. The highest BCUT2D eigenvalue weighted by atomic mass is 16.5. The van der Waals surface area contributed by atoms with E-state index >= 15 is 0 Å². The number of benzene rings is 1. The van der Waals surface area contributed by atoms with Gasteiger partial charge in [-0.2, -0.15) is 0 Å². The topological polar surface area (TPSA) is 30.5 Å². The summed E-state index contributed by atoms with van der Waals surface area (Å²) in [5.74, 6) is 1.68. The molecule has 1 aromatic carbocycles. The molecule has 0 aliphatic heterocycles. The Hall–Kier alpha value is -1.22. The van der Waals surface area contributed by atoms with Crippen LogP contribution in [0.3, 0.4) is 0 Å². The van der Waals surface area contributed by atoms with Crippen molar-refractivity contribution in [2.75, 3.05) is 14.2 Å². The molecule has 0 spiro atoms. The van der Waals surface area contributed by atoms with Crippen molar-refractivity contribution < 1.29 is 9.47 Å². The third-order valence-corrected chi connectivity index (χ3v) is 2.20. The number of ether oxygens (including phenoxy) is 2. The molecule has 1 rings (SSSR count). The fraction of sp³-hybridized carbons (Fsp3) is 0.500. The zero-order valence-corrected chi connectivity index (χ0v) is 9.83. The van der Waals surface area contributed by atoms with Crippen LogP contribution in [0.5, 0.6) is 11.5 Å². The summed E-state index contributed by atoms with van der Waals surface area (Å²) in [7, 11) is 3.33. The van der Waals surface area contributed by atoms with Crippen LogP contribution in [0.15, 0.2) is 18.2 Å². The molecule has 0 saturated carbocycles. The van der Waals surface area contributed by atoms with Gasteiger partial charge in [0.15, 0.2) is 0 Å². The van der Waals surface area contributed by atoms with E-state index in [1.54, 1.807) is 14.2 Å². The van der Waals surface area contributed by atoms with Gasteiger partial charge in [0.1, 0.15) is 11.5 Å². The van der Waals surface area contributed by atoms with Crippen molar-refractivity contribution >= 4 is 0 Å². The van der Waals surface area contributed by atoms with Crippen molar-refractivity contribution in [1.29, 1.82) is 0 Å². The minimum atomic E-state index is 0.469. The molecule has 0 aromatic heterocycles. The van der Waals surface area contributed by atoms with Crippen LogP contribution in [0, 0.1) is 0 Å². The van der Waals surface area contributed by atoms with Crippen LogP contribution in [0.25, 0.3) is 0 Å². The highest BCUT2D eigenvalue weighted by Gasteiger charge is 2.04.